The van der Waals surface area contributed by atoms with Crippen molar-refractivity contribution < 1.29 is 9.63 Å². The molecule has 0 fully saturated rings. The van der Waals surface area contributed by atoms with Crippen molar-refractivity contribution in [3.8, 4) is 11.4 Å². The third-order valence-electron chi connectivity index (χ3n) is 3.19. The van der Waals surface area contributed by atoms with Gasteiger partial charge in [-0.25, -0.2) is 0 Å². The fourth-order valence-electron chi connectivity index (χ4n) is 2.06. The minimum Gasteiger partial charge on any atom is -0.395 e. The quantitative estimate of drug-likeness (QED) is 0.812. The summed E-state index contributed by atoms with van der Waals surface area (Å²) >= 11 is 6.13. The Morgan fingerprint density at radius 1 is 1.29 bits per heavy atom. The molecule has 0 bridgehead atoms. The fraction of sp³-hybridized carbons (Fsp3) is 0.467. The molecular formula is C15H20ClN3O2. The van der Waals surface area contributed by atoms with Crippen LogP contribution in [-0.2, 0) is 6.54 Å². The largest absolute Gasteiger partial charge is 0.395 e. The highest BCUT2D eigenvalue weighted by atomic mass is 35.5. The Morgan fingerprint density at radius 3 is 2.81 bits per heavy atom. The number of unbranched alkanes of at least 4 members (excludes halogenated alkanes) is 1. The maximum atomic E-state index is 9.11. The molecule has 0 saturated carbocycles. The van der Waals surface area contributed by atoms with E-state index in [1.807, 2.05) is 18.2 Å². The molecule has 0 unspecified atom stereocenters. The summed E-state index contributed by atoms with van der Waals surface area (Å²) in [6, 6.07) is 7.41. The van der Waals surface area contributed by atoms with Crippen molar-refractivity contribution in [3.05, 3.63) is 35.2 Å². The van der Waals surface area contributed by atoms with E-state index in [-0.39, 0.29) is 6.61 Å². The third kappa shape index (κ3) is 4.52. The van der Waals surface area contributed by atoms with Crippen LogP contribution in [0.4, 0.5) is 0 Å². The van der Waals surface area contributed by atoms with Crippen molar-refractivity contribution in [1.82, 2.24) is 15.0 Å². The zero-order valence-electron chi connectivity index (χ0n) is 12.1. The van der Waals surface area contributed by atoms with E-state index in [1.54, 1.807) is 6.07 Å². The van der Waals surface area contributed by atoms with Crippen LogP contribution in [-0.4, -0.2) is 39.8 Å². The first-order valence-electron chi connectivity index (χ1n) is 7.15. The Labute approximate surface area is 129 Å². The number of halogens is 1. The van der Waals surface area contributed by atoms with E-state index in [2.05, 4.69) is 22.0 Å². The van der Waals surface area contributed by atoms with Crippen molar-refractivity contribution in [3.63, 3.8) is 0 Å². The van der Waals surface area contributed by atoms with Crippen molar-refractivity contribution in [2.75, 3.05) is 19.7 Å². The highest BCUT2D eigenvalue weighted by Gasteiger charge is 2.14. The van der Waals surface area contributed by atoms with Crippen LogP contribution >= 0.6 is 11.6 Å². The van der Waals surface area contributed by atoms with Gasteiger partial charge in [-0.05, 0) is 25.1 Å². The minimum atomic E-state index is 0.120. The van der Waals surface area contributed by atoms with E-state index < -0.39 is 0 Å². The SMILES string of the molecule is CCCCN(CCO)Cc1nc(-c2ccccc2Cl)no1. The molecule has 1 aromatic carbocycles. The van der Waals surface area contributed by atoms with Crippen LogP contribution in [0.3, 0.4) is 0 Å². The summed E-state index contributed by atoms with van der Waals surface area (Å²) in [5, 5.41) is 13.7. The van der Waals surface area contributed by atoms with Gasteiger partial charge in [-0.2, -0.15) is 4.98 Å². The molecule has 0 aliphatic carbocycles. The number of nitrogens with zero attached hydrogens (tertiary/aromatic N) is 3. The predicted molar refractivity (Wildman–Crippen MR) is 82.0 cm³/mol. The Morgan fingerprint density at radius 2 is 2.10 bits per heavy atom. The average molecular weight is 310 g/mol. The van der Waals surface area contributed by atoms with Crippen LogP contribution in [0.25, 0.3) is 11.4 Å². The van der Waals surface area contributed by atoms with Gasteiger partial charge in [0.25, 0.3) is 0 Å². The maximum absolute atomic E-state index is 9.11. The van der Waals surface area contributed by atoms with Gasteiger partial charge in [-0.15, -0.1) is 0 Å². The Kier molecular flexibility index (Phi) is 6.17. The lowest BCUT2D eigenvalue weighted by molar-refractivity contribution is 0.172. The minimum absolute atomic E-state index is 0.120. The molecule has 0 aliphatic heterocycles. The topological polar surface area (TPSA) is 62.4 Å². The summed E-state index contributed by atoms with van der Waals surface area (Å²) < 4.78 is 5.29. The van der Waals surface area contributed by atoms with Crippen LogP contribution in [0.2, 0.25) is 5.02 Å². The average Bonchev–Trinajstić information content (AvgIpc) is 2.94. The lowest BCUT2D eigenvalue weighted by Gasteiger charge is -2.18. The first-order chi connectivity index (χ1) is 10.2. The van der Waals surface area contributed by atoms with Crippen molar-refractivity contribution in [2.45, 2.75) is 26.3 Å². The summed E-state index contributed by atoms with van der Waals surface area (Å²) in [4.78, 5) is 6.49. The van der Waals surface area contributed by atoms with Gasteiger partial charge in [0.05, 0.1) is 18.2 Å². The zero-order chi connectivity index (χ0) is 15.1. The number of hydrogen-bond donors (Lipinski definition) is 1. The molecule has 6 heteroatoms. The van der Waals surface area contributed by atoms with Crippen LogP contribution in [0.1, 0.15) is 25.7 Å². The van der Waals surface area contributed by atoms with Crippen LogP contribution in [0, 0.1) is 0 Å². The third-order valence-corrected chi connectivity index (χ3v) is 3.52. The molecule has 0 aliphatic rings. The van der Waals surface area contributed by atoms with Gasteiger partial charge in [-0.1, -0.05) is 42.2 Å². The fourth-order valence-corrected chi connectivity index (χ4v) is 2.28. The molecule has 1 heterocycles. The molecule has 2 rings (SSSR count). The number of hydrogen-bond acceptors (Lipinski definition) is 5. The standard InChI is InChI=1S/C15H20ClN3O2/c1-2-3-8-19(9-10-20)11-14-17-15(18-21-14)12-6-4-5-7-13(12)16/h4-7,20H,2-3,8-11H2,1H3. The van der Waals surface area contributed by atoms with Gasteiger partial charge in [-0.3, -0.25) is 4.90 Å². The highest BCUT2D eigenvalue weighted by molar-refractivity contribution is 6.33. The van der Waals surface area contributed by atoms with E-state index in [9.17, 15) is 0 Å². The molecule has 5 nitrogen and oxygen atoms in total. The van der Waals surface area contributed by atoms with Gasteiger partial charge >= 0.3 is 0 Å². The molecule has 0 saturated heterocycles. The summed E-state index contributed by atoms with van der Waals surface area (Å²) in [5.41, 5.74) is 0.761. The Balaban J connectivity index is 2.06. The number of aliphatic hydroxyl groups excluding tert-OH is 1. The van der Waals surface area contributed by atoms with Crippen LogP contribution in [0.5, 0.6) is 0 Å². The predicted octanol–water partition coefficient (Wildman–Crippen LogP) is 2.98. The lowest BCUT2D eigenvalue weighted by atomic mass is 10.2. The number of rotatable bonds is 8. The smallest absolute Gasteiger partial charge is 0.241 e. The normalized spacial score (nSPS) is 11.2. The second-order valence-electron chi connectivity index (χ2n) is 4.84. The summed E-state index contributed by atoms with van der Waals surface area (Å²) in [6.07, 6.45) is 2.18. The molecule has 21 heavy (non-hydrogen) atoms. The Bertz CT molecular complexity index is 559. The molecule has 0 amide bonds. The van der Waals surface area contributed by atoms with Crippen LogP contribution in [0.15, 0.2) is 28.8 Å². The number of aromatic nitrogens is 2. The van der Waals surface area contributed by atoms with Crippen molar-refractivity contribution in [2.24, 2.45) is 0 Å². The van der Waals surface area contributed by atoms with E-state index in [4.69, 9.17) is 21.2 Å². The second kappa shape index (κ2) is 8.12. The van der Waals surface area contributed by atoms with E-state index in [0.29, 0.717) is 29.8 Å². The van der Waals surface area contributed by atoms with E-state index in [1.165, 1.54) is 0 Å². The molecule has 0 radical (unpaired) electrons. The maximum Gasteiger partial charge on any atom is 0.241 e. The molecular weight excluding hydrogens is 290 g/mol. The zero-order valence-corrected chi connectivity index (χ0v) is 12.9. The monoisotopic (exact) mass is 309 g/mol. The van der Waals surface area contributed by atoms with E-state index in [0.717, 1.165) is 24.9 Å². The molecule has 2 aromatic rings. The number of aliphatic hydroxyl groups is 1. The summed E-state index contributed by atoms with van der Waals surface area (Å²) in [6.45, 7) is 4.30. The van der Waals surface area contributed by atoms with Gasteiger partial charge < -0.3 is 9.63 Å². The first kappa shape index (κ1) is 15.9. The van der Waals surface area contributed by atoms with Gasteiger partial charge in [0, 0.05) is 12.1 Å². The molecule has 1 N–H and O–H groups in total. The number of benzene rings is 1. The van der Waals surface area contributed by atoms with Gasteiger partial charge in [0.2, 0.25) is 11.7 Å². The van der Waals surface area contributed by atoms with Gasteiger partial charge in [0.15, 0.2) is 0 Å². The second-order valence-corrected chi connectivity index (χ2v) is 5.25. The summed E-state index contributed by atoms with van der Waals surface area (Å²) in [5.74, 6) is 1.03. The molecule has 1 aromatic heterocycles. The van der Waals surface area contributed by atoms with Crippen molar-refractivity contribution in [1.29, 1.82) is 0 Å². The first-order valence-corrected chi connectivity index (χ1v) is 7.53. The lowest BCUT2D eigenvalue weighted by Crippen LogP contribution is -2.27. The molecule has 114 valence electrons. The van der Waals surface area contributed by atoms with Gasteiger partial charge in [0.1, 0.15) is 0 Å². The highest BCUT2D eigenvalue weighted by Crippen LogP contribution is 2.25. The van der Waals surface area contributed by atoms with Crippen LogP contribution < -0.4 is 0 Å². The van der Waals surface area contributed by atoms with Crippen molar-refractivity contribution >= 4 is 11.6 Å². The van der Waals surface area contributed by atoms with E-state index >= 15 is 0 Å². The Hall–Kier alpha value is -1.43. The molecule has 0 atom stereocenters. The summed E-state index contributed by atoms with van der Waals surface area (Å²) in [7, 11) is 0. The molecule has 0 spiro atoms.